The minimum atomic E-state index is -0.231. The molecule has 1 aromatic carbocycles. The predicted octanol–water partition coefficient (Wildman–Crippen LogP) is 4.16. The van der Waals surface area contributed by atoms with E-state index < -0.39 is 0 Å². The van der Waals surface area contributed by atoms with Crippen LogP contribution in [0.1, 0.15) is 29.5 Å². The van der Waals surface area contributed by atoms with Gasteiger partial charge in [-0.3, -0.25) is 14.2 Å². The Labute approximate surface area is 198 Å². The normalized spacial score (nSPS) is 16.0. The largest absolute Gasteiger partial charge is 0.341 e. The second-order valence-electron chi connectivity index (χ2n) is 8.50. The number of carbonyl (C=O) groups is 2. The van der Waals surface area contributed by atoms with Crippen LogP contribution in [-0.2, 0) is 9.59 Å². The van der Waals surface area contributed by atoms with Crippen LogP contribution in [0.2, 0.25) is 0 Å². The molecule has 33 heavy (non-hydrogen) atoms. The van der Waals surface area contributed by atoms with Gasteiger partial charge in [-0.25, -0.2) is 9.97 Å². The third kappa shape index (κ3) is 5.45. The topological polar surface area (TPSA) is 80.1 Å². The van der Waals surface area contributed by atoms with Gasteiger partial charge in [-0.1, -0.05) is 30.0 Å². The van der Waals surface area contributed by atoms with E-state index in [0.717, 1.165) is 34.8 Å². The van der Waals surface area contributed by atoms with Crippen LogP contribution < -0.4 is 5.32 Å². The van der Waals surface area contributed by atoms with E-state index in [1.807, 2.05) is 29.8 Å². The number of pyridine rings is 1. The van der Waals surface area contributed by atoms with Crippen molar-refractivity contribution < 1.29 is 9.59 Å². The van der Waals surface area contributed by atoms with E-state index in [0.29, 0.717) is 18.9 Å². The summed E-state index contributed by atoms with van der Waals surface area (Å²) in [5, 5.41) is 3.71. The van der Waals surface area contributed by atoms with Crippen molar-refractivity contribution in [2.45, 2.75) is 38.8 Å². The summed E-state index contributed by atoms with van der Waals surface area (Å²) < 4.78 is 2.03. The summed E-state index contributed by atoms with van der Waals surface area (Å²) >= 11 is 1.43. The first-order chi connectivity index (χ1) is 15.9. The van der Waals surface area contributed by atoms with Crippen LogP contribution in [0.4, 0.5) is 5.82 Å². The number of benzene rings is 1. The van der Waals surface area contributed by atoms with E-state index in [4.69, 9.17) is 0 Å². The number of rotatable bonds is 6. The summed E-state index contributed by atoms with van der Waals surface area (Å²) in [5.41, 5.74) is 4.32. The fourth-order valence-corrected chi connectivity index (χ4v) is 4.90. The molecule has 1 aliphatic rings. The van der Waals surface area contributed by atoms with Gasteiger partial charge in [0.2, 0.25) is 11.8 Å². The Kier molecular flexibility index (Phi) is 7.13. The number of likely N-dealkylation sites (tertiary alicyclic amines) is 1. The first-order valence-electron chi connectivity index (χ1n) is 11.2. The first kappa shape index (κ1) is 23.0. The minimum Gasteiger partial charge on any atom is -0.341 e. The summed E-state index contributed by atoms with van der Waals surface area (Å²) in [6.45, 7) is 7.16. The highest BCUT2D eigenvalue weighted by Crippen LogP contribution is 2.25. The lowest BCUT2D eigenvalue weighted by molar-refractivity contribution is -0.132. The molecule has 1 aliphatic heterocycles. The minimum absolute atomic E-state index is 0.0297. The number of anilines is 1. The summed E-state index contributed by atoms with van der Waals surface area (Å²) in [7, 11) is 0. The molecule has 1 N–H and O–H groups in total. The van der Waals surface area contributed by atoms with E-state index in [9.17, 15) is 9.59 Å². The number of thioether (sulfide) groups is 1. The highest BCUT2D eigenvalue weighted by atomic mass is 32.2. The van der Waals surface area contributed by atoms with Gasteiger partial charge < -0.3 is 10.2 Å². The molecule has 2 aromatic heterocycles. The van der Waals surface area contributed by atoms with Crippen molar-refractivity contribution in [3.8, 4) is 5.69 Å². The SMILES string of the molecule is Cc1ccc(C)c(-n2ccnc2SCC(=O)N2CCCC(C(=O)Nc3ncccc3C)C2)c1. The second-order valence-corrected chi connectivity index (χ2v) is 9.44. The van der Waals surface area contributed by atoms with Crippen LogP contribution >= 0.6 is 11.8 Å². The summed E-state index contributed by atoms with van der Waals surface area (Å²) in [5.74, 6) is 0.593. The fraction of sp³-hybridized carbons (Fsp3) is 0.360. The number of hydrogen-bond acceptors (Lipinski definition) is 5. The zero-order chi connectivity index (χ0) is 23.4. The van der Waals surface area contributed by atoms with E-state index in [1.165, 1.54) is 17.3 Å². The molecule has 0 aliphatic carbocycles. The molecule has 1 saturated heterocycles. The van der Waals surface area contributed by atoms with Gasteiger partial charge in [0.1, 0.15) is 5.82 Å². The van der Waals surface area contributed by atoms with E-state index >= 15 is 0 Å². The molecule has 3 aromatic rings. The Bertz CT molecular complexity index is 1160. The number of hydrogen-bond donors (Lipinski definition) is 1. The Balaban J connectivity index is 1.37. The third-order valence-corrected chi connectivity index (χ3v) is 6.90. The summed E-state index contributed by atoms with van der Waals surface area (Å²) in [6, 6.07) is 10.1. The number of nitrogens with one attached hydrogen (secondary N) is 1. The molecule has 1 fully saturated rings. The van der Waals surface area contributed by atoms with Crippen LogP contribution in [0.25, 0.3) is 5.69 Å². The van der Waals surface area contributed by atoms with Crippen molar-refractivity contribution in [2.75, 3.05) is 24.2 Å². The Hall–Kier alpha value is -3.13. The number of carbonyl (C=O) groups excluding carboxylic acids is 2. The van der Waals surface area contributed by atoms with E-state index in [-0.39, 0.29) is 23.5 Å². The fourth-order valence-electron chi connectivity index (χ4n) is 4.03. The van der Waals surface area contributed by atoms with Gasteiger partial charge in [0.15, 0.2) is 5.16 Å². The molecule has 1 atom stereocenters. The van der Waals surface area contributed by atoms with Crippen molar-refractivity contribution in [3.05, 3.63) is 65.6 Å². The van der Waals surface area contributed by atoms with Crippen molar-refractivity contribution in [1.82, 2.24) is 19.4 Å². The van der Waals surface area contributed by atoms with Gasteiger partial charge in [-0.05, 0) is 62.4 Å². The van der Waals surface area contributed by atoms with Gasteiger partial charge in [0.05, 0.1) is 17.4 Å². The molecule has 0 bridgehead atoms. The van der Waals surface area contributed by atoms with Crippen molar-refractivity contribution in [1.29, 1.82) is 0 Å². The van der Waals surface area contributed by atoms with Crippen LogP contribution in [0.15, 0.2) is 54.1 Å². The average Bonchev–Trinajstić information content (AvgIpc) is 3.29. The zero-order valence-corrected chi connectivity index (χ0v) is 20.1. The van der Waals surface area contributed by atoms with Crippen LogP contribution in [-0.4, -0.2) is 50.1 Å². The molecule has 8 heteroatoms. The van der Waals surface area contributed by atoms with Crippen LogP contribution in [0.3, 0.4) is 0 Å². The summed E-state index contributed by atoms with van der Waals surface area (Å²) in [4.78, 5) is 36.3. The van der Waals surface area contributed by atoms with Gasteiger partial charge in [0.25, 0.3) is 0 Å². The lowest BCUT2D eigenvalue weighted by Gasteiger charge is -2.32. The maximum absolute atomic E-state index is 13.0. The number of amides is 2. The Morgan fingerprint density at radius 1 is 1.12 bits per heavy atom. The monoisotopic (exact) mass is 463 g/mol. The standard InChI is InChI=1S/C25H29N5O2S/c1-17-8-9-18(2)21(14-17)30-13-11-27-25(30)33-16-22(31)29-12-5-7-20(15-29)24(32)28-23-19(3)6-4-10-26-23/h4,6,8-11,13-14,20H,5,7,12,15-16H2,1-3H3,(H,26,28,32). The molecule has 4 rings (SSSR count). The second kappa shape index (κ2) is 10.2. The van der Waals surface area contributed by atoms with Crippen molar-refractivity contribution in [2.24, 2.45) is 5.92 Å². The number of nitrogens with zero attached hydrogens (tertiary/aromatic N) is 4. The van der Waals surface area contributed by atoms with Gasteiger partial charge >= 0.3 is 0 Å². The zero-order valence-electron chi connectivity index (χ0n) is 19.2. The quantitative estimate of drug-likeness (QED) is 0.555. The van der Waals surface area contributed by atoms with Gasteiger partial charge in [-0.2, -0.15) is 0 Å². The third-order valence-electron chi connectivity index (χ3n) is 5.95. The molecular formula is C25H29N5O2S. The smallest absolute Gasteiger partial charge is 0.233 e. The highest BCUT2D eigenvalue weighted by Gasteiger charge is 2.29. The van der Waals surface area contributed by atoms with Gasteiger partial charge in [-0.15, -0.1) is 0 Å². The van der Waals surface area contributed by atoms with Gasteiger partial charge in [0, 0.05) is 31.7 Å². The van der Waals surface area contributed by atoms with Crippen LogP contribution in [0.5, 0.6) is 0 Å². The Morgan fingerprint density at radius 3 is 2.79 bits per heavy atom. The number of imidazole rings is 1. The van der Waals surface area contributed by atoms with Crippen LogP contribution in [0, 0.1) is 26.7 Å². The Morgan fingerprint density at radius 2 is 1.97 bits per heavy atom. The number of piperidine rings is 1. The molecular weight excluding hydrogens is 434 g/mol. The first-order valence-corrected chi connectivity index (χ1v) is 12.1. The molecule has 0 saturated carbocycles. The molecule has 0 radical (unpaired) electrons. The molecule has 3 heterocycles. The lowest BCUT2D eigenvalue weighted by Crippen LogP contribution is -2.44. The predicted molar refractivity (Wildman–Crippen MR) is 131 cm³/mol. The lowest BCUT2D eigenvalue weighted by atomic mass is 9.97. The average molecular weight is 464 g/mol. The molecule has 1 unspecified atom stereocenters. The highest BCUT2D eigenvalue weighted by molar-refractivity contribution is 7.99. The molecule has 0 spiro atoms. The maximum atomic E-state index is 13.0. The number of aryl methyl sites for hydroxylation is 3. The van der Waals surface area contributed by atoms with Crippen molar-refractivity contribution >= 4 is 29.4 Å². The molecule has 2 amide bonds. The number of aromatic nitrogens is 3. The van der Waals surface area contributed by atoms with Crippen molar-refractivity contribution in [3.63, 3.8) is 0 Å². The maximum Gasteiger partial charge on any atom is 0.233 e. The van der Waals surface area contributed by atoms with E-state index in [1.54, 1.807) is 17.3 Å². The molecule has 172 valence electrons. The molecule has 7 nitrogen and oxygen atoms in total. The summed E-state index contributed by atoms with van der Waals surface area (Å²) in [6.07, 6.45) is 6.93. The van der Waals surface area contributed by atoms with E-state index in [2.05, 4.69) is 47.3 Å².